The molecule has 0 heterocycles. The molecular weight excluding hydrogens is 240 g/mol. The number of hydrogen-bond donors (Lipinski definition) is 3. The average Bonchev–Trinajstić information content (AvgIpc) is 2.83. The molecular formula is C15H20N2O2. The van der Waals surface area contributed by atoms with Crippen molar-refractivity contribution in [1.29, 1.82) is 0 Å². The van der Waals surface area contributed by atoms with Crippen molar-refractivity contribution >= 4 is 17.7 Å². The van der Waals surface area contributed by atoms with Crippen LogP contribution in [-0.2, 0) is 4.79 Å². The highest BCUT2D eigenvalue weighted by atomic mass is 16.3. The molecule has 1 aliphatic rings. The fourth-order valence-corrected chi connectivity index (χ4v) is 2.30. The van der Waals surface area contributed by atoms with Gasteiger partial charge in [0.2, 0.25) is 5.91 Å². The van der Waals surface area contributed by atoms with Gasteiger partial charge in [-0.05, 0) is 36.6 Å². The molecule has 0 radical (unpaired) electrons. The van der Waals surface area contributed by atoms with Gasteiger partial charge in [-0.3, -0.25) is 4.79 Å². The number of nitrogens with two attached hydrogens (primary N) is 1. The van der Waals surface area contributed by atoms with Crippen LogP contribution in [0.1, 0.15) is 31.2 Å². The van der Waals surface area contributed by atoms with E-state index in [9.17, 15) is 9.90 Å². The van der Waals surface area contributed by atoms with Gasteiger partial charge >= 0.3 is 0 Å². The number of benzene rings is 1. The first-order valence-corrected chi connectivity index (χ1v) is 6.61. The summed E-state index contributed by atoms with van der Waals surface area (Å²) in [6, 6.07) is 7.28. The third kappa shape index (κ3) is 4.10. The summed E-state index contributed by atoms with van der Waals surface area (Å²) in [5, 5.41) is 12.8. The maximum Gasteiger partial charge on any atom is 0.244 e. The Labute approximate surface area is 113 Å². The molecule has 1 aromatic carbocycles. The van der Waals surface area contributed by atoms with Gasteiger partial charge in [0, 0.05) is 18.3 Å². The Kier molecular flexibility index (Phi) is 4.22. The fourth-order valence-electron chi connectivity index (χ4n) is 2.30. The molecule has 1 fully saturated rings. The molecule has 4 N–H and O–H groups in total. The number of nitrogen functional groups attached to an aromatic ring is 1. The molecule has 0 unspecified atom stereocenters. The third-order valence-electron chi connectivity index (χ3n) is 3.49. The molecule has 1 amide bonds. The lowest BCUT2D eigenvalue weighted by molar-refractivity contribution is -0.117. The Morgan fingerprint density at radius 2 is 1.95 bits per heavy atom. The predicted octanol–water partition coefficient (Wildman–Crippen LogP) is 1.70. The van der Waals surface area contributed by atoms with Crippen molar-refractivity contribution in [3.8, 4) is 0 Å². The highest BCUT2D eigenvalue weighted by Gasteiger charge is 2.30. The normalized spacial score (nSPS) is 17.7. The molecule has 4 nitrogen and oxygen atoms in total. The van der Waals surface area contributed by atoms with Crippen molar-refractivity contribution in [2.45, 2.75) is 31.3 Å². The van der Waals surface area contributed by atoms with Crippen LogP contribution >= 0.6 is 0 Å². The van der Waals surface area contributed by atoms with Crippen LogP contribution in [0.15, 0.2) is 30.3 Å². The second kappa shape index (κ2) is 5.89. The molecule has 1 saturated carbocycles. The number of anilines is 1. The SMILES string of the molecule is Nc1ccc(/C=C/C(=O)NCC2(O)CCCC2)cc1. The molecule has 0 aromatic heterocycles. The minimum atomic E-state index is -0.704. The van der Waals surface area contributed by atoms with Crippen molar-refractivity contribution in [3.05, 3.63) is 35.9 Å². The Morgan fingerprint density at radius 1 is 1.32 bits per heavy atom. The summed E-state index contributed by atoms with van der Waals surface area (Å²) in [5.74, 6) is -0.183. The summed E-state index contributed by atoms with van der Waals surface area (Å²) < 4.78 is 0. The van der Waals surface area contributed by atoms with Crippen LogP contribution in [0.3, 0.4) is 0 Å². The van der Waals surface area contributed by atoms with E-state index in [1.54, 1.807) is 18.2 Å². The predicted molar refractivity (Wildman–Crippen MR) is 76.3 cm³/mol. The van der Waals surface area contributed by atoms with Crippen molar-refractivity contribution in [2.75, 3.05) is 12.3 Å². The summed E-state index contributed by atoms with van der Waals surface area (Å²) in [6.45, 7) is 0.331. The molecule has 1 aliphatic carbocycles. The van der Waals surface area contributed by atoms with E-state index in [2.05, 4.69) is 5.32 Å². The molecule has 102 valence electrons. The van der Waals surface area contributed by atoms with Gasteiger partial charge in [-0.25, -0.2) is 0 Å². The van der Waals surface area contributed by atoms with E-state index in [-0.39, 0.29) is 5.91 Å². The van der Waals surface area contributed by atoms with Gasteiger partial charge in [-0.15, -0.1) is 0 Å². The minimum Gasteiger partial charge on any atom is -0.399 e. The number of carbonyl (C=O) groups is 1. The lowest BCUT2D eigenvalue weighted by Gasteiger charge is -2.21. The van der Waals surface area contributed by atoms with E-state index in [1.165, 1.54) is 6.08 Å². The van der Waals surface area contributed by atoms with Crippen LogP contribution in [0.2, 0.25) is 0 Å². The van der Waals surface area contributed by atoms with E-state index < -0.39 is 5.60 Å². The van der Waals surface area contributed by atoms with Crippen molar-refractivity contribution in [3.63, 3.8) is 0 Å². The van der Waals surface area contributed by atoms with Gasteiger partial charge in [0.1, 0.15) is 0 Å². The van der Waals surface area contributed by atoms with Crippen LogP contribution in [0.4, 0.5) is 5.69 Å². The first kappa shape index (κ1) is 13.6. The fraction of sp³-hybridized carbons (Fsp3) is 0.400. The maximum absolute atomic E-state index is 11.6. The zero-order valence-corrected chi connectivity index (χ0v) is 10.9. The first-order valence-electron chi connectivity index (χ1n) is 6.61. The summed E-state index contributed by atoms with van der Waals surface area (Å²) in [4.78, 5) is 11.6. The number of aliphatic hydroxyl groups is 1. The van der Waals surface area contributed by atoms with Crippen LogP contribution in [0, 0.1) is 0 Å². The van der Waals surface area contributed by atoms with E-state index in [4.69, 9.17) is 5.73 Å². The van der Waals surface area contributed by atoms with Crippen molar-refractivity contribution in [2.24, 2.45) is 0 Å². The molecule has 0 saturated heterocycles. The Balaban J connectivity index is 1.82. The zero-order valence-electron chi connectivity index (χ0n) is 10.9. The van der Waals surface area contributed by atoms with Gasteiger partial charge in [0.15, 0.2) is 0 Å². The summed E-state index contributed by atoms with van der Waals surface area (Å²) in [7, 11) is 0. The number of carbonyl (C=O) groups excluding carboxylic acids is 1. The molecule has 0 atom stereocenters. The second-order valence-corrected chi connectivity index (χ2v) is 5.15. The molecule has 0 spiro atoms. The van der Waals surface area contributed by atoms with Crippen LogP contribution in [-0.4, -0.2) is 23.2 Å². The van der Waals surface area contributed by atoms with E-state index >= 15 is 0 Å². The highest BCUT2D eigenvalue weighted by Crippen LogP contribution is 2.28. The Bertz CT molecular complexity index is 460. The molecule has 2 rings (SSSR count). The third-order valence-corrected chi connectivity index (χ3v) is 3.49. The maximum atomic E-state index is 11.6. The molecule has 0 bridgehead atoms. The van der Waals surface area contributed by atoms with Crippen LogP contribution in [0.5, 0.6) is 0 Å². The molecule has 1 aromatic rings. The van der Waals surface area contributed by atoms with Gasteiger partial charge in [0.05, 0.1) is 5.60 Å². The Hall–Kier alpha value is -1.81. The molecule has 0 aliphatic heterocycles. The van der Waals surface area contributed by atoms with Gasteiger partial charge in [-0.2, -0.15) is 0 Å². The lowest BCUT2D eigenvalue weighted by Crippen LogP contribution is -2.40. The van der Waals surface area contributed by atoms with E-state index in [0.717, 1.165) is 31.2 Å². The van der Waals surface area contributed by atoms with Gasteiger partial charge in [-0.1, -0.05) is 25.0 Å². The molecule has 4 heteroatoms. The smallest absolute Gasteiger partial charge is 0.244 e. The second-order valence-electron chi connectivity index (χ2n) is 5.15. The number of nitrogens with one attached hydrogen (secondary N) is 1. The summed E-state index contributed by atoms with van der Waals surface area (Å²) in [6.07, 6.45) is 6.82. The summed E-state index contributed by atoms with van der Waals surface area (Å²) >= 11 is 0. The Morgan fingerprint density at radius 3 is 2.58 bits per heavy atom. The number of hydrogen-bond acceptors (Lipinski definition) is 3. The number of rotatable bonds is 4. The van der Waals surface area contributed by atoms with E-state index in [1.807, 2.05) is 12.1 Å². The largest absolute Gasteiger partial charge is 0.399 e. The summed E-state index contributed by atoms with van der Waals surface area (Å²) in [5.41, 5.74) is 6.50. The lowest BCUT2D eigenvalue weighted by atomic mass is 10.0. The van der Waals surface area contributed by atoms with Crippen LogP contribution in [0.25, 0.3) is 6.08 Å². The van der Waals surface area contributed by atoms with E-state index in [0.29, 0.717) is 12.2 Å². The standard InChI is InChI=1S/C15H20N2O2/c16-13-6-3-12(4-7-13)5-8-14(18)17-11-15(19)9-1-2-10-15/h3-8,19H,1-2,9-11,16H2,(H,17,18)/b8-5+. The number of amides is 1. The topological polar surface area (TPSA) is 75.4 Å². The average molecular weight is 260 g/mol. The monoisotopic (exact) mass is 260 g/mol. The van der Waals surface area contributed by atoms with Crippen molar-refractivity contribution in [1.82, 2.24) is 5.32 Å². The van der Waals surface area contributed by atoms with Crippen molar-refractivity contribution < 1.29 is 9.90 Å². The first-order chi connectivity index (χ1) is 9.07. The van der Waals surface area contributed by atoms with Gasteiger partial charge < -0.3 is 16.2 Å². The minimum absolute atomic E-state index is 0.183. The van der Waals surface area contributed by atoms with Gasteiger partial charge in [0.25, 0.3) is 0 Å². The highest BCUT2D eigenvalue weighted by molar-refractivity contribution is 5.91. The molecule has 19 heavy (non-hydrogen) atoms. The zero-order chi connectivity index (χ0) is 13.7. The van der Waals surface area contributed by atoms with Crippen LogP contribution < -0.4 is 11.1 Å². The quantitative estimate of drug-likeness (QED) is 0.570.